The van der Waals surface area contributed by atoms with Gasteiger partial charge in [-0.2, -0.15) is 5.26 Å². The maximum atomic E-state index is 12.1. The molecule has 0 spiro atoms. The molecule has 1 saturated carbocycles. The highest BCUT2D eigenvalue weighted by Crippen LogP contribution is 2.32. The molecule has 0 aromatic carbocycles. The van der Waals surface area contributed by atoms with Crippen LogP contribution in [0.3, 0.4) is 0 Å². The minimum atomic E-state index is 0.00800. The molecule has 0 aliphatic heterocycles. The fraction of sp³-hybridized carbons (Fsp3) is 0.500. The van der Waals surface area contributed by atoms with Gasteiger partial charge in [0.05, 0.1) is 5.56 Å². The Hall–Kier alpha value is -1.38. The summed E-state index contributed by atoms with van der Waals surface area (Å²) in [5.74, 6) is 0.311. The summed E-state index contributed by atoms with van der Waals surface area (Å²) in [4.78, 5) is 12.1. The number of rotatable bonds is 3. The van der Waals surface area contributed by atoms with Gasteiger partial charge >= 0.3 is 0 Å². The standard InChI is InChI=1S/C12H15N3OS/c13-6-8-2-1-3-10(8)11(16)15-12-9(7-14)4-5-17-12/h4-5,8,10H,1-3,6,13H2,(H,15,16). The number of nitrogens with one attached hydrogen (secondary N) is 1. The first-order valence-corrected chi connectivity index (χ1v) is 6.62. The van der Waals surface area contributed by atoms with E-state index < -0.39 is 0 Å². The SMILES string of the molecule is N#Cc1ccsc1NC(=O)C1CCCC1CN. The van der Waals surface area contributed by atoms with Crippen LogP contribution in [0.15, 0.2) is 11.4 Å². The van der Waals surface area contributed by atoms with E-state index in [1.165, 1.54) is 11.3 Å². The fourth-order valence-corrected chi connectivity index (χ4v) is 3.10. The molecule has 2 unspecified atom stereocenters. The van der Waals surface area contributed by atoms with Crippen molar-refractivity contribution in [1.29, 1.82) is 5.26 Å². The van der Waals surface area contributed by atoms with Crippen molar-refractivity contribution in [3.05, 3.63) is 17.0 Å². The molecule has 1 aliphatic carbocycles. The lowest BCUT2D eigenvalue weighted by atomic mass is 9.95. The van der Waals surface area contributed by atoms with Gasteiger partial charge in [-0.25, -0.2) is 0 Å². The highest BCUT2D eigenvalue weighted by atomic mass is 32.1. The summed E-state index contributed by atoms with van der Waals surface area (Å²) >= 11 is 1.38. The Kier molecular flexibility index (Phi) is 3.77. The number of carbonyl (C=O) groups is 1. The van der Waals surface area contributed by atoms with Crippen molar-refractivity contribution in [3.8, 4) is 6.07 Å². The first-order valence-electron chi connectivity index (χ1n) is 5.74. The van der Waals surface area contributed by atoms with Gasteiger partial charge in [-0.15, -0.1) is 11.3 Å². The van der Waals surface area contributed by atoms with Gasteiger partial charge in [0.1, 0.15) is 11.1 Å². The van der Waals surface area contributed by atoms with Gasteiger partial charge < -0.3 is 11.1 Å². The van der Waals surface area contributed by atoms with Crippen molar-refractivity contribution in [2.24, 2.45) is 17.6 Å². The van der Waals surface area contributed by atoms with Crippen LogP contribution >= 0.6 is 11.3 Å². The van der Waals surface area contributed by atoms with E-state index in [1.807, 2.05) is 5.38 Å². The zero-order valence-corrected chi connectivity index (χ0v) is 10.3. The van der Waals surface area contributed by atoms with Gasteiger partial charge in [0.2, 0.25) is 5.91 Å². The summed E-state index contributed by atoms with van der Waals surface area (Å²) in [7, 11) is 0. The minimum absolute atomic E-state index is 0.00800. The van der Waals surface area contributed by atoms with Crippen LogP contribution in [0.2, 0.25) is 0 Å². The van der Waals surface area contributed by atoms with E-state index in [9.17, 15) is 4.79 Å². The van der Waals surface area contributed by atoms with Crippen LogP contribution in [-0.4, -0.2) is 12.5 Å². The zero-order chi connectivity index (χ0) is 12.3. The first kappa shape index (κ1) is 12.1. The summed E-state index contributed by atoms with van der Waals surface area (Å²) in [6.45, 7) is 0.563. The maximum Gasteiger partial charge on any atom is 0.228 e. The maximum absolute atomic E-state index is 12.1. The van der Waals surface area contributed by atoms with Gasteiger partial charge in [0.25, 0.3) is 0 Å². The molecule has 90 valence electrons. The van der Waals surface area contributed by atoms with Crippen molar-refractivity contribution in [2.75, 3.05) is 11.9 Å². The van der Waals surface area contributed by atoms with Gasteiger partial charge in [-0.05, 0) is 36.8 Å². The molecular formula is C12H15N3OS. The Morgan fingerprint density at radius 1 is 1.65 bits per heavy atom. The van der Waals surface area contributed by atoms with Crippen molar-refractivity contribution in [1.82, 2.24) is 0 Å². The molecule has 0 saturated heterocycles. The van der Waals surface area contributed by atoms with E-state index in [2.05, 4.69) is 11.4 Å². The lowest BCUT2D eigenvalue weighted by molar-refractivity contribution is -0.120. The molecule has 2 rings (SSSR count). The van der Waals surface area contributed by atoms with Crippen LogP contribution in [0.5, 0.6) is 0 Å². The molecule has 1 aromatic rings. The topological polar surface area (TPSA) is 78.9 Å². The van der Waals surface area contributed by atoms with Gasteiger partial charge in [-0.3, -0.25) is 4.79 Å². The molecule has 1 heterocycles. The van der Waals surface area contributed by atoms with E-state index in [0.29, 0.717) is 23.0 Å². The molecule has 1 fully saturated rings. The number of hydrogen-bond acceptors (Lipinski definition) is 4. The summed E-state index contributed by atoms with van der Waals surface area (Å²) < 4.78 is 0. The molecule has 17 heavy (non-hydrogen) atoms. The van der Waals surface area contributed by atoms with E-state index >= 15 is 0 Å². The normalized spacial score (nSPS) is 23.3. The monoisotopic (exact) mass is 249 g/mol. The van der Waals surface area contributed by atoms with Crippen LogP contribution < -0.4 is 11.1 Å². The van der Waals surface area contributed by atoms with Gasteiger partial charge in [0.15, 0.2) is 0 Å². The lowest BCUT2D eigenvalue weighted by Crippen LogP contribution is -2.29. The average Bonchev–Trinajstić information content (AvgIpc) is 2.96. The van der Waals surface area contributed by atoms with Crippen LogP contribution in [0.4, 0.5) is 5.00 Å². The third kappa shape index (κ3) is 2.48. The molecule has 1 aromatic heterocycles. The lowest BCUT2D eigenvalue weighted by Gasteiger charge is -2.16. The minimum Gasteiger partial charge on any atom is -0.330 e. The highest BCUT2D eigenvalue weighted by molar-refractivity contribution is 7.14. The summed E-state index contributed by atoms with van der Waals surface area (Å²) in [6.07, 6.45) is 3.00. The van der Waals surface area contributed by atoms with Crippen molar-refractivity contribution in [3.63, 3.8) is 0 Å². The van der Waals surface area contributed by atoms with E-state index in [0.717, 1.165) is 19.3 Å². The summed E-state index contributed by atoms with van der Waals surface area (Å²) in [5.41, 5.74) is 6.19. The first-order chi connectivity index (χ1) is 8.26. The summed E-state index contributed by atoms with van der Waals surface area (Å²) in [5, 5.41) is 14.2. The van der Waals surface area contributed by atoms with Crippen molar-refractivity contribution >= 4 is 22.2 Å². The second-order valence-corrected chi connectivity index (χ2v) is 5.21. The number of amides is 1. The quantitative estimate of drug-likeness (QED) is 0.859. The molecule has 0 radical (unpaired) electrons. The Morgan fingerprint density at radius 3 is 3.18 bits per heavy atom. The highest BCUT2D eigenvalue weighted by Gasteiger charge is 2.32. The second kappa shape index (κ2) is 5.30. The van der Waals surface area contributed by atoms with Crippen molar-refractivity contribution < 1.29 is 4.79 Å². The smallest absolute Gasteiger partial charge is 0.228 e. The molecule has 5 heteroatoms. The fourth-order valence-electron chi connectivity index (χ4n) is 2.36. The van der Waals surface area contributed by atoms with Crippen molar-refractivity contribution in [2.45, 2.75) is 19.3 Å². The molecule has 1 amide bonds. The summed E-state index contributed by atoms with van der Waals surface area (Å²) in [6, 6.07) is 3.79. The van der Waals surface area contributed by atoms with Crippen LogP contribution in [0, 0.1) is 23.2 Å². The number of nitrogens with two attached hydrogens (primary N) is 1. The number of anilines is 1. The Morgan fingerprint density at radius 2 is 2.47 bits per heavy atom. The van der Waals surface area contributed by atoms with Crippen LogP contribution in [-0.2, 0) is 4.79 Å². The van der Waals surface area contributed by atoms with Gasteiger partial charge in [-0.1, -0.05) is 6.42 Å². The van der Waals surface area contributed by atoms with Gasteiger partial charge in [0, 0.05) is 5.92 Å². The Balaban J connectivity index is 2.05. The third-order valence-electron chi connectivity index (χ3n) is 3.32. The average molecular weight is 249 g/mol. The van der Waals surface area contributed by atoms with Crippen LogP contribution in [0.1, 0.15) is 24.8 Å². The molecule has 1 aliphatic rings. The second-order valence-electron chi connectivity index (χ2n) is 4.30. The zero-order valence-electron chi connectivity index (χ0n) is 9.48. The Bertz CT molecular complexity index is 449. The number of nitrogens with zero attached hydrogens (tertiary/aromatic N) is 1. The molecule has 3 N–H and O–H groups in total. The Labute approximate surface area is 104 Å². The number of thiophene rings is 1. The van der Waals surface area contributed by atoms with E-state index in [1.54, 1.807) is 6.07 Å². The number of nitriles is 1. The van der Waals surface area contributed by atoms with E-state index in [4.69, 9.17) is 11.0 Å². The predicted molar refractivity (Wildman–Crippen MR) is 67.5 cm³/mol. The largest absolute Gasteiger partial charge is 0.330 e. The molecular weight excluding hydrogens is 234 g/mol. The number of hydrogen-bond donors (Lipinski definition) is 2. The van der Waals surface area contributed by atoms with Crippen LogP contribution in [0.25, 0.3) is 0 Å². The van der Waals surface area contributed by atoms with E-state index in [-0.39, 0.29) is 11.8 Å². The molecule has 2 atom stereocenters. The molecule has 0 bridgehead atoms. The number of carbonyl (C=O) groups excluding carboxylic acids is 1. The predicted octanol–water partition coefficient (Wildman–Crippen LogP) is 1.93. The third-order valence-corrected chi connectivity index (χ3v) is 4.15. The molecule has 4 nitrogen and oxygen atoms in total.